The number of rotatable bonds is 67. The molecule has 504 valence electrons. The van der Waals surface area contributed by atoms with Crippen molar-refractivity contribution < 1.29 is 80.2 Å². The lowest BCUT2D eigenvalue weighted by Crippen LogP contribution is -2.30. The predicted octanol–water partition coefficient (Wildman–Crippen LogP) is 18.7. The van der Waals surface area contributed by atoms with Gasteiger partial charge < -0.3 is 33.8 Å². The number of ether oxygens (including phenoxy) is 4. The molecule has 5 atom stereocenters. The van der Waals surface area contributed by atoms with Crippen LogP contribution >= 0.6 is 15.6 Å². The average molecular weight is 1260 g/mol. The topological polar surface area (TPSA) is 237 Å². The second-order valence-corrected chi connectivity index (χ2v) is 26.8. The molecule has 0 aromatic carbocycles. The average Bonchev–Trinajstić information content (AvgIpc) is 3.61. The van der Waals surface area contributed by atoms with Crippen molar-refractivity contribution in [2.24, 2.45) is 0 Å². The zero-order valence-electron chi connectivity index (χ0n) is 54.6. The molecule has 0 bridgehead atoms. The minimum Gasteiger partial charge on any atom is -0.462 e. The fraction of sp³-hybridized carbons (Fsp3) is 0.939. The highest BCUT2D eigenvalue weighted by Crippen LogP contribution is 2.45. The Labute approximate surface area is 517 Å². The Kier molecular flexibility index (Phi) is 59.6. The molecule has 3 N–H and O–H groups in total. The van der Waals surface area contributed by atoms with Crippen LogP contribution < -0.4 is 0 Å². The molecule has 0 fully saturated rings. The molecule has 0 amide bonds. The number of aliphatic hydroxyl groups excluding tert-OH is 1. The third kappa shape index (κ3) is 60.7. The molecule has 17 nitrogen and oxygen atoms in total. The Morgan fingerprint density at radius 2 is 0.471 bits per heavy atom. The van der Waals surface area contributed by atoms with Crippen molar-refractivity contribution in [1.82, 2.24) is 0 Å². The molecule has 0 rings (SSSR count). The van der Waals surface area contributed by atoms with Gasteiger partial charge in [-0.2, -0.15) is 0 Å². The molecule has 85 heavy (non-hydrogen) atoms. The minimum absolute atomic E-state index is 0.107. The first-order valence-corrected chi connectivity index (χ1v) is 37.8. The minimum atomic E-state index is -4.94. The van der Waals surface area contributed by atoms with Gasteiger partial charge in [-0.15, -0.1) is 0 Å². The van der Waals surface area contributed by atoms with Crippen molar-refractivity contribution in [2.45, 2.75) is 361 Å². The van der Waals surface area contributed by atoms with Crippen LogP contribution in [0.5, 0.6) is 0 Å². The largest absolute Gasteiger partial charge is 0.472 e. The Morgan fingerprint density at radius 1 is 0.282 bits per heavy atom. The van der Waals surface area contributed by atoms with Crippen LogP contribution in [0.25, 0.3) is 0 Å². The van der Waals surface area contributed by atoms with Crippen LogP contribution in [0.3, 0.4) is 0 Å². The number of aliphatic hydroxyl groups is 1. The van der Waals surface area contributed by atoms with E-state index in [4.69, 9.17) is 37.0 Å². The van der Waals surface area contributed by atoms with E-state index in [2.05, 4.69) is 27.7 Å². The van der Waals surface area contributed by atoms with Crippen LogP contribution in [-0.2, 0) is 65.4 Å². The molecular formula is C66H128O17P2. The maximum absolute atomic E-state index is 13.0. The van der Waals surface area contributed by atoms with Gasteiger partial charge >= 0.3 is 39.5 Å². The lowest BCUT2D eigenvalue weighted by molar-refractivity contribution is -0.161. The molecule has 0 saturated carbocycles. The summed E-state index contributed by atoms with van der Waals surface area (Å²) >= 11 is 0. The van der Waals surface area contributed by atoms with Crippen molar-refractivity contribution in [1.29, 1.82) is 0 Å². The highest BCUT2D eigenvalue weighted by Gasteiger charge is 2.30. The molecule has 0 saturated heterocycles. The van der Waals surface area contributed by atoms with E-state index in [1.807, 2.05) is 0 Å². The molecule has 2 unspecified atom stereocenters. The van der Waals surface area contributed by atoms with Crippen LogP contribution in [0, 0.1) is 0 Å². The summed E-state index contributed by atoms with van der Waals surface area (Å²) in [5, 5.41) is 10.6. The van der Waals surface area contributed by atoms with Crippen molar-refractivity contribution >= 4 is 39.5 Å². The number of phosphoric acid groups is 2. The molecule has 0 aromatic heterocycles. The first-order chi connectivity index (χ1) is 41.2. The van der Waals surface area contributed by atoms with Gasteiger partial charge in [-0.25, -0.2) is 9.13 Å². The monoisotopic (exact) mass is 1250 g/mol. The molecule has 0 spiro atoms. The lowest BCUT2D eigenvalue weighted by Gasteiger charge is -2.21. The fourth-order valence-electron chi connectivity index (χ4n) is 9.99. The molecule has 19 heteroatoms. The quantitative estimate of drug-likeness (QED) is 0.0222. The van der Waals surface area contributed by atoms with Crippen LogP contribution in [0.2, 0.25) is 0 Å². The van der Waals surface area contributed by atoms with Gasteiger partial charge in [0.2, 0.25) is 0 Å². The van der Waals surface area contributed by atoms with Crippen LogP contribution in [0.15, 0.2) is 0 Å². The van der Waals surface area contributed by atoms with Gasteiger partial charge in [0.1, 0.15) is 19.3 Å². The van der Waals surface area contributed by atoms with Crippen LogP contribution in [0.1, 0.15) is 342 Å². The molecule has 0 aromatic rings. The molecule has 0 aliphatic heterocycles. The summed E-state index contributed by atoms with van der Waals surface area (Å²) < 4.78 is 68.1. The van der Waals surface area contributed by atoms with E-state index in [9.17, 15) is 43.2 Å². The summed E-state index contributed by atoms with van der Waals surface area (Å²) in [6, 6.07) is 0. The summed E-state index contributed by atoms with van der Waals surface area (Å²) in [5.41, 5.74) is 0. The first kappa shape index (κ1) is 83.1. The number of hydrogen-bond donors (Lipinski definition) is 3. The van der Waals surface area contributed by atoms with E-state index < -0.39 is 97.5 Å². The van der Waals surface area contributed by atoms with Gasteiger partial charge in [0, 0.05) is 25.7 Å². The second-order valence-electron chi connectivity index (χ2n) is 23.9. The van der Waals surface area contributed by atoms with E-state index in [1.165, 1.54) is 173 Å². The van der Waals surface area contributed by atoms with Gasteiger partial charge in [0.15, 0.2) is 12.2 Å². The van der Waals surface area contributed by atoms with Gasteiger partial charge in [0.25, 0.3) is 0 Å². The maximum Gasteiger partial charge on any atom is 0.472 e. The third-order valence-corrected chi connectivity index (χ3v) is 17.3. The predicted molar refractivity (Wildman–Crippen MR) is 340 cm³/mol. The Bertz CT molecular complexity index is 1640. The summed E-state index contributed by atoms with van der Waals surface area (Å²) in [6.45, 7) is 4.90. The number of carbonyl (C=O) groups is 4. The van der Waals surface area contributed by atoms with Gasteiger partial charge in [-0.1, -0.05) is 291 Å². The number of hydrogen-bond acceptors (Lipinski definition) is 15. The normalized spacial score (nSPS) is 14.1. The van der Waals surface area contributed by atoms with Gasteiger partial charge in [0.05, 0.1) is 26.4 Å². The van der Waals surface area contributed by atoms with Gasteiger partial charge in [-0.05, 0) is 25.7 Å². The molecule has 0 aliphatic rings. The summed E-state index contributed by atoms with van der Waals surface area (Å²) in [5.74, 6) is -2.13. The Balaban J connectivity index is 5.24. The van der Waals surface area contributed by atoms with E-state index in [-0.39, 0.29) is 25.7 Å². The highest BCUT2D eigenvalue weighted by atomic mass is 31.2. The molecule has 0 heterocycles. The standard InChI is InChI=1S/C66H128O17P2/c1-5-9-13-17-21-25-29-30-33-37-41-45-49-53-66(71)83-62(57-77-64(69)51-47-43-39-35-31-26-22-18-14-10-6-2)59-81-85(74,75)79-55-60(67)54-78-84(72,73)80-58-61(56-76-63(68)50-46-42-38-34-28-24-20-16-12-8-4)82-65(70)52-48-44-40-36-32-27-23-19-15-11-7-3/h60-62,67H,5-59H2,1-4H3,(H,72,73)(H,74,75)/t60-,61+,62+/m0/s1. The summed E-state index contributed by atoms with van der Waals surface area (Å²) in [4.78, 5) is 72.3. The van der Waals surface area contributed by atoms with E-state index >= 15 is 0 Å². The second kappa shape index (κ2) is 60.9. The van der Waals surface area contributed by atoms with Gasteiger partial charge in [-0.3, -0.25) is 37.3 Å². The van der Waals surface area contributed by atoms with Crippen LogP contribution in [-0.4, -0.2) is 96.7 Å². The third-order valence-electron chi connectivity index (χ3n) is 15.4. The van der Waals surface area contributed by atoms with E-state index in [0.29, 0.717) is 25.7 Å². The van der Waals surface area contributed by atoms with Crippen molar-refractivity contribution in [3.63, 3.8) is 0 Å². The zero-order valence-corrected chi connectivity index (χ0v) is 56.4. The number of unbranched alkanes of at least 4 members (excludes halogenated alkanes) is 41. The molecular weight excluding hydrogens is 1130 g/mol. The molecule has 0 radical (unpaired) electrons. The van der Waals surface area contributed by atoms with Crippen LogP contribution in [0.4, 0.5) is 0 Å². The number of carbonyl (C=O) groups excluding carboxylic acids is 4. The smallest absolute Gasteiger partial charge is 0.462 e. The first-order valence-electron chi connectivity index (χ1n) is 34.8. The Morgan fingerprint density at radius 3 is 0.694 bits per heavy atom. The van der Waals surface area contributed by atoms with Crippen molar-refractivity contribution in [2.75, 3.05) is 39.6 Å². The van der Waals surface area contributed by atoms with Crippen molar-refractivity contribution in [3.8, 4) is 0 Å². The number of esters is 4. The SMILES string of the molecule is CCCCCCCCCCCCCCCC(=O)O[C@H](COC(=O)CCCCCCCCCCCCC)COP(=O)(O)OC[C@@H](O)COP(=O)(O)OC[C@@H](COC(=O)CCCCCCCCCCCC)OC(=O)CCCCCCCCCCCCC. The highest BCUT2D eigenvalue weighted by molar-refractivity contribution is 7.47. The fourth-order valence-corrected chi connectivity index (χ4v) is 11.6. The van der Waals surface area contributed by atoms with E-state index in [0.717, 1.165) is 89.9 Å². The van der Waals surface area contributed by atoms with E-state index in [1.54, 1.807) is 0 Å². The van der Waals surface area contributed by atoms with Crippen molar-refractivity contribution in [3.05, 3.63) is 0 Å². The Hall–Kier alpha value is -1.94. The molecule has 0 aliphatic carbocycles. The number of phosphoric ester groups is 2. The summed E-state index contributed by atoms with van der Waals surface area (Å²) in [6.07, 6.45) is 46.9. The maximum atomic E-state index is 13.0. The summed E-state index contributed by atoms with van der Waals surface area (Å²) in [7, 11) is -9.89. The lowest BCUT2D eigenvalue weighted by atomic mass is 10.0. The zero-order chi connectivity index (χ0) is 62.6.